The van der Waals surface area contributed by atoms with E-state index in [1.807, 2.05) is 25.8 Å². The minimum Gasteiger partial charge on any atom is -0.341 e. The summed E-state index contributed by atoms with van der Waals surface area (Å²) in [5.74, 6) is 0.225. The summed E-state index contributed by atoms with van der Waals surface area (Å²) in [6, 6.07) is 0.360. The first-order valence-electron chi connectivity index (χ1n) is 6.54. The van der Waals surface area contributed by atoms with Crippen LogP contribution in [0.5, 0.6) is 0 Å². The van der Waals surface area contributed by atoms with Gasteiger partial charge in [0, 0.05) is 25.0 Å². The van der Waals surface area contributed by atoms with Crippen LogP contribution >= 0.6 is 0 Å². The second kappa shape index (κ2) is 5.83. The number of nitrogens with zero attached hydrogens (tertiary/aromatic N) is 2. The maximum Gasteiger partial charge on any atom is 0.228 e. The predicted octanol–water partition coefficient (Wildman–Crippen LogP) is 0.914. The number of carbonyl (C=O) groups excluding carboxylic acids is 1. The number of likely N-dealkylation sites (tertiary alicyclic amines) is 1. The third-order valence-electron chi connectivity index (χ3n) is 3.82. The molecule has 0 radical (unpaired) electrons. The van der Waals surface area contributed by atoms with E-state index in [4.69, 9.17) is 5.73 Å². The van der Waals surface area contributed by atoms with Crippen molar-refractivity contribution < 1.29 is 4.79 Å². The molecule has 0 aliphatic carbocycles. The fourth-order valence-corrected chi connectivity index (χ4v) is 2.57. The third-order valence-corrected chi connectivity index (χ3v) is 3.82. The van der Waals surface area contributed by atoms with Crippen molar-refractivity contribution >= 4 is 5.91 Å². The van der Waals surface area contributed by atoms with Gasteiger partial charge in [-0.2, -0.15) is 0 Å². The molecule has 0 spiro atoms. The van der Waals surface area contributed by atoms with Gasteiger partial charge in [-0.15, -0.1) is 0 Å². The Morgan fingerprint density at radius 2 is 2.18 bits per heavy atom. The minimum absolute atomic E-state index is 0.225. The van der Waals surface area contributed by atoms with E-state index in [1.165, 1.54) is 6.42 Å². The van der Waals surface area contributed by atoms with E-state index in [0.29, 0.717) is 12.6 Å². The SMILES string of the molecule is CN1CCCC(N(C)C(=O)C(C)(C)CCN)C1. The lowest BCUT2D eigenvalue weighted by atomic mass is 9.87. The van der Waals surface area contributed by atoms with Gasteiger partial charge in [0.2, 0.25) is 5.91 Å². The zero-order valence-corrected chi connectivity index (χ0v) is 11.7. The molecule has 1 amide bonds. The Balaban J connectivity index is 2.62. The Hall–Kier alpha value is -0.610. The zero-order valence-electron chi connectivity index (χ0n) is 11.7. The van der Waals surface area contributed by atoms with Crippen LogP contribution in [0, 0.1) is 5.41 Å². The van der Waals surface area contributed by atoms with Crippen LogP contribution < -0.4 is 5.73 Å². The fourth-order valence-electron chi connectivity index (χ4n) is 2.57. The molecule has 0 bridgehead atoms. The first-order valence-corrected chi connectivity index (χ1v) is 6.54. The molecule has 1 atom stereocenters. The normalized spacial score (nSPS) is 22.5. The van der Waals surface area contributed by atoms with Crippen molar-refractivity contribution in [2.45, 2.75) is 39.2 Å². The molecule has 1 unspecified atom stereocenters. The topological polar surface area (TPSA) is 49.6 Å². The highest BCUT2D eigenvalue weighted by Crippen LogP contribution is 2.25. The van der Waals surface area contributed by atoms with Gasteiger partial charge in [-0.1, -0.05) is 13.8 Å². The van der Waals surface area contributed by atoms with E-state index < -0.39 is 0 Å². The summed E-state index contributed by atoms with van der Waals surface area (Å²) in [5, 5.41) is 0. The van der Waals surface area contributed by atoms with Crippen molar-refractivity contribution in [3.63, 3.8) is 0 Å². The number of amides is 1. The quantitative estimate of drug-likeness (QED) is 0.796. The molecule has 4 nitrogen and oxygen atoms in total. The monoisotopic (exact) mass is 241 g/mol. The van der Waals surface area contributed by atoms with Gasteiger partial charge in [-0.25, -0.2) is 0 Å². The lowest BCUT2D eigenvalue weighted by molar-refractivity contribution is -0.142. The molecule has 0 saturated carbocycles. The molecular weight excluding hydrogens is 214 g/mol. The summed E-state index contributed by atoms with van der Waals surface area (Å²) in [6.45, 7) is 6.68. The Labute approximate surface area is 105 Å². The summed E-state index contributed by atoms with van der Waals surface area (Å²) in [4.78, 5) is 16.6. The molecule has 0 aromatic carbocycles. The van der Waals surface area contributed by atoms with Crippen molar-refractivity contribution in [1.29, 1.82) is 0 Å². The van der Waals surface area contributed by atoms with E-state index in [1.54, 1.807) is 0 Å². The largest absolute Gasteiger partial charge is 0.341 e. The summed E-state index contributed by atoms with van der Waals surface area (Å²) in [7, 11) is 4.06. The van der Waals surface area contributed by atoms with E-state index in [2.05, 4.69) is 11.9 Å². The molecule has 100 valence electrons. The summed E-state index contributed by atoms with van der Waals surface area (Å²) >= 11 is 0. The Bertz CT molecular complexity index is 265. The van der Waals surface area contributed by atoms with Gasteiger partial charge in [0.15, 0.2) is 0 Å². The Morgan fingerprint density at radius 3 is 2.71 bits per heavy atom. The van der Waals surface area contributed by atoms with Crippen molar-refractivity contribution in [3.8, 4) is 0 Å². The maximum atomic E-state index is 12.4. The molecule has 1 aliphatic heterocycles. The number of rotatable bonds is 4. The van der Waals surface area contributed by atoms with Crippen LogP contribution in [-0.2, 0) is 4.79 Å². The van der Waals surface area contributed by atoms with Crippen LogP contribution in [0.15, 0.2) is 0 Å². The summed E-state index contributed by atoms with van der Waals surface area (Å²) in [6.07, 6.45) is 3.04. The second-order valence-electron chi connectivity index (χ2n) is 5.90. The molecule has 1 saturated heterocycles. The molecule has 2 N–H and O–H groups in total. The zero-order chi connectivity index (χ0) is 13.1. The predicted molar refractivity (Wildman–Crippen MR) is 70.7 cm³/mol. The van der Waals surface area contributed by atoms with Crippen LogP contribution in [0.1, 0.15) is 33.1 Å². The molecule has 1 heterocycles. The molecule has 0 aromatic heterocycles. The third kappa shape index (κ3) is 3.68. The number of hydrogen-bond acceptors (Lipinski definition) is 3. The molecule has 1 fully saturated rings. The highest BCUT2D eigenvalue weighted by Gasteiger charge is 2.33. The minimum atomic E-state index is -0.334. The van der Waals surface area contributed by atoms with Gasteiger partial charge in [0.05, 0.1) is 0 Å². The highest BCUT2D eigenvalue weighted by atomic mass is 16.2. The maximum absolute atomic E-state index is 12.4. The number of piperidine rings is 1. The van der Waals surface area contributed by atoms with E-state index >= 15 is 0 Å². The van der Waals surface area contributed by atoms with Crippen LogP contribution in [0.3, 0.4) is 0 Å². The molecule has 0 aromatic rings. The van der Waals surface area contributed by atoms with E-state index in [0.717, 1.165) is 25.9 Å². The summed E-state index contributed by atoms with van der Waals surface area (Å²) < 4.78 is 0. The van der Waals surface area contributed by atoms with Gasteiger partial charge in [-0.05, 0) is 39.4 Å². The van der Waals surface area contributed by atoms with E-state index in [-0.39, 0.29) is 11.3 Å². The molecule has 1 aliphatic rings. The van der Waals surface area contributed by atoms with Crippen molar-refractivity contribution in [2.24, 2.45) is 11.1 Å². The van der Waals surface area contributed by atoms with Gasteiger partial charge < -0.3 is 15.5 Å². The highest BCUT2D eigenvalue weighted by molar-refractivity contribution is 5.82. The molecule has 1 rings (SSSR count). The van der Waals surface area contributed by atoms with Crippen molar-refractivity contribution in [3.05, 3.63) is 0 Å². The first-order chi connectivity index (χ1) is 7.88. The van der Waals surface area contributed by atoms with Gasteiger partial charge in [0.1, 0.15) is 0 Å². The van der Waals surface area contributed by atoms with Crippen LogP contribution in [-0.4, -0.2) is 55.5 Å². The number of nitrogens with two attached hydrogens (primary N) is 1. The lowest BCUT2D eigenvalue weighted by Crippen LogP contribution is -2.51. The smallest absolute Gasteiger partial charge is 0.228 e. The second-order valence-corrected chi connectivity index (χ2v) is 5.90. The van der Waals surface area contributed by atoms with Gasteiger partial charge >= 0.3 is 0 Å². The van der Waals surface area contributed by atoms with Crippen LogP contribution in [0.2, 0.25) is 0 Å². The molecular formula is C13H27N3O. The lowest BCUT2D eigenvalue weighted by Gasteiger charge is -2.39. The van der Waals surface area contributed by atoms with Gasteiger partial charge in [0.25, 0.3) is 0 Å². The fraction of sp³-hybridized carbons (Fsp3) is 0.923. The van der Waals surface area contributed by atoms with Crippen LogP contribution in [0.25, 0.3) is 0 Å². The number of hydrogen-bond donors (Lipinski definition) is 1. The van der Waals surface area contributed by atoms with E-state index in [9.17, 15) is 4.79 Å². The Kier molecular flexibility index (Phi) is 4.95. The Morgan fingerprint density at radius 1 is 1.53 bits per heavy atom. The number of carbonyl (C=O) groups is 1. The van der Waals surface area contributed by atoms with Gasteiger partial charge in [-0.3, -0.25) is 4.79 Å². The average molecular weight is 241 g/mol. The molecule has 4 heteroatoms. The average Bonchev–Trinajstić information content (AvgIpc) is 2.27. The standard InChI is InChI=1S/C13H27N3O/c1-13(2,7-8-14)12(17)16(4)11-6-5-9-15(3)10-11/h11H,5-10,14H2,1-4H3. The summed E-state index contributed by atoms with van der Waals surface area (Å²) in [5.41, 5.74) is 5.24. The van der Waals surface area contributed by atoms with Crippen LogP contribution in [0.4, 0.5) is 0 Å². The van der Waals surface area contributed by atoms with Crippen molar-refractivity contribution in [2.75, 3.05) is 33.7 Å². The van der Waals surface area contributed by atoms with Crippen molar-refractivity contribution in [1.82, 2.24) is 9.80 Å². The number of likely N-dealkylation sites (N-methyl/N-ethyl adjacent to an activating group) is 2. The first kappa shape index (κ1) is 14.5. The molecule has 17 heavy (non-hydrogen) atoms.